The molecule has 0 bridgehead atoms. The zero-order valence-electron chi connectivity index (χ0n) is 12.7. The van der Waals surface area contributed by atoms with Gasteiger partial charge in [-0.1, -0.05) is 51.3 Å². The Labute approximate surface area is 122 Å². The smallest absolute Gasteiger partial charge is 0.0346 e. The highest BCUT2D eigenvalue weighted by Gasteiger charge is 2.13. The zero-order valence-corrected chi connectivity index (χ0v) is 12.7. The van der Waals surface area contributed by atoms with Crippen LogP contribution in [-0.2, 0) is 0 Å². The van der Waals surface area contributed by atoms with Gasteiger partial charge in [0.1, 0.15) is 0 Å². The Kier molecular flexibility index (Phi) is 6.00. The lowest BCUT2D eigenvalue weighted by molar-refractivity contribution is 0.477. The molecule has 1 unspecified atom stereocenters. The number of aromatic nitrogens is 1. The Morgan fingerprint density at radius 1 is 1.10 bits per heavy atom. The van der Waals surface area contributed by atoms with Gasteiger partial charge in [-0.05, 0) is 36.4 Å². The minimum absolute atomic E-state index is 0.465. The Balaban J connectivity index is 2.24. The van der Waals surface area contributed by atoms with Crippen molar-refractivity contribution >= 4 is 10.8 Å². The number of hydrogen-bond acceptors (Lipinski definition) is 2. The van der Waals surface area contributed by atoms with Crippen LogP contribution in [0.15, 0.2) is 36.7 Å². The number of unbranched alkanes of at least 4 members (excludes halogenated alkanes) is 2. The topological polar surface area (TPSA) is 24.9 Å². The van der Waals surface area contributed by atoms with Gasteiger partial charge in [-0.3, -0.25) is 4.98 Å². The van der Waals surface area contributed by atoms with Crippen molar-refractivity contribution in [3.8, 4) is 0 Å². The van der Waals surface area contributed by atoms with E-state index in [2.05, 4.69) is 48.4 Å². The Morgan fingerprint density at radius 3 is 2.80 bits per heavy atom. The van der Waals surface area contributed by atoms with E-state index >= 15 is 0 Å². The summed E-state index contributed by atoms with van der Waals surface area (Å²) in [6.45, 7) is 5.57. The first-order valence-corrected chi connectivity index (χ1v) is 7.92. The molecule has 0 amide bonds. The molecular formula is C18H26N2. The summed E-state index contributed by atoms with van der Waals surface area (Å²) in [7, 11) is 0. The molecule has 0 radical (unpaired) electrons. The fourth-order valence-electron chi connectivity index (χ4n) is 2.74. The van der Waals surface area contributed by atoms with E-state index in [1.54, 1.807) is 0 Å². The SMILES string of the molecule is CCCCCC(NCCC)c1cccc2cnccc12. The van der Waals surface area contributed by atoms with Crippen molar-refractivity contribution in [2.75, 3.05) is 6.54 Å². The number of benzene rings is 1. The molecule has 108 valence electrons. The van der Waals surface area contributed by atoms with E-state index in [0.717, 1.165) is 6.54 Å². The molecule has 2 heteroatoms. The first-order valence-electron chi connectivity index (χ1n) is 7.92. The largest absolute Gasteiger partial charge is 0.310 e. The first kappa shape index (κ1) is 15.0. The van der Waals surface area contributed by atoms with Crippen LogP contribution in [0.3, 0.4) is 0 Å². The van der Waals surface area contributed by atoms with E-state index in [4.69, 9.17) is 0 Å². The first-order chi connectivity index (χ1) is 9.86. The summed E-state index contributed by atoms with van der Waals surface area (Å²) >= 11 is 0. The van der Waals surface area contributed by atoms with Crippen molar-refractivity contribution in [1.82, 2.24) is 10.3 Å². The number of pyridine rings is 1. The van der Waals surface area contributed by atoms with Crippen molar-refractivity contribution in [1.29, 1.82) is 0 Å². The third-order valence-electron chi connectivity index (χ3n) is 3.83. The Morgan fingerprint density at radius 2 is 2.00 bits per heavy atom. The van der Waals surface area contributed by atoms with E-state index in [9.17, 15) is 0 Å². The van der Waals surface area contributed by atoms with E-state index in [1.165, 1.54) is 48.4 Å². The van der Waals surface area contributed by atoms with Crippen LogP contribution in [0.1, 0.15) is 57.6 Å². The molecule has 0 saturated heterocycles. The maximum absolute atomic E-state index is 4.23. The van der Waals surface area contributed by atoms with Crippen LogP contribution < -0.4 is 5.32 Å². The van der Waals surface area contributed by atoms with Gasteiger partial charge < -0.3 is 5.32 Å². The molecule has 0 aliphatic heterocycles. The van der Waals surface area contributed by atoms with Gasteiger partial charge >= 0.3 is 0 Å². The molecule has 0 aliphatic rings. The summed E-state index contributed by atoms with van der Waals surface area (Å²) in [5.41, 5.74) is 1.43. The highest BCUT2D eigenvalue weighted by molar-refractivity contribution is 5.85. The average Bonchev–Trinajstić information content (AvgIpc) is 2.50. The molecule has 2 aromatic rings. The highest BCUT2D eigenvalue weighted by Crippen LogP contribution is 2.27. The quantitative estimate of drug-likeness (QED) is 0.693. The lowest BCUT2D eigenvalue weighted by Crippen LogP contribution is -2.22. The van der Waals surface area contributed by atoms with Crippen molar-refractivity contribution in [3.05, 3.63) is 42.2 Å². The molecule has 1 aromatic heterocycles. The molecule has 0 saturated carbocycles. The van der Waals surface area contributed by atoms with Crippen LogP contribution in [0.5, 0.6) is 0 Å². The lowest BCUT2D eigenvalue weighted by atomic mass is 9.95. The summed E-state index contributed by atoms with van der Waals surface area (Å²) in [6.07, 6.45) is 10.1. The van der Waals surface area contributed by atoms with Gasteiger partial charge in [0.25, 0.3) is 0 Å². The maximum Gasteiger partial charge on any atom is 0.0346 e. The van der Waals surface area contributed by atoms with Crippen LogP contribution in [-0.4, -0.2) is 11.5 Å². The monoisotopic (exact) mass is 270 g/mol. The molecule has 0 spiro atoms. The molecule has 1 atom stereocenters. The summed E-state index contributed by atoms with van der Waals surface area (Å²) in [5, 5.41) is 6.30. The standard InChI is InChI=1S/C18H26N2/c1-3-5-6-10-18(20-12-4-2)17-9-7-8-15-14-19-13-11-16(15)17/h7-9,11,13-14,18,20H,3-6,10,12H2,1-2H3. The second kappa shape index (κ2) is 8.01. The van der Waals surface area contributed by atoms with Crippen LogP contribution in [0, 0.1) is 0 Å². The van der Waals surface area contributed by atoms with Crippen LogP contribution in [0.4, 0.5) is 0 Å². The third kappa shape index (κ3) is 3.80. The summed E-state index contributed by atoms with van der Waals surface area (Å²) in [6, 6.07) is 9.17. The molecular weight excluding hydrogens is 244 g/mol. The van der Waals surface area contributed by atoms with Gasteiger partial charge in [0, 0.05) is 23.8 Å². The molecule has 0 aliphatic carbocycles. The fourth-order valence-corrected chi connectivity index (χ4v) is 2.74. The van der Waals surface area contributed by atoms with Gasteiger partial charge in [-0.25, -0.2) is 0 Å². The van der Waals surface area contributed by atoms with Crippen molar-refractivity contribution in [2.24, 2.45) is 0 Å². The number of nitrogens with zero attached hydrogens (tertiary/aromatic N) is 1. The van der Waals surface area contributed by atoms with E-state index in [1.807, 2.05) is 12.4 Å². The minimum Gasteiger partial charge on any atom is -0.310 e. The maximum atomic E-state index is 4.23. The lowest BCUT2D eigenvalue weighted by Gasteiger charge is -2.20. The number of fused-ring (bicyclic) bond motifs is 1. The average molecular weight is 270 g/mol. The summed E-state index contributed by atoms with van der Waals surface area (Å²) < 4.78 is 0. The number of nitrogens with one attached hydrogen (secondary N) is 1. The molecule has 0 fully saturated rings. The normalized spacial score (nSPS) is 12.7. The molecule has 20 heavy (non-hydrogen) atoms. The van der Waals surface area contributed by atoms with Gasteiger partial charge in [-0.15, -0.1) is 0 Å². The Hall–Kier alpha value is -1.41. The van der Waals surface area contributed by atoms with Crippen LogP contribution in [0.25, 0.3) is 10.8 Å². The predicted octanol–water partition coefficient (Wildman–Crippen LogP) is 4.86. The predicted molar refractivity (Wildman–Crippen MR) is 86.9 cm³/mol. The van der Waals surface area contributed by atoms with Crippen molar-refractivity contribution in [2.45, 2.75) is 52.0 Å². The molecule has 1 heterocycles. The Bertz CT molecular complexity index is 516. The second-order valence-corrected chi connectivity index (χ2v) is 5.45. The summed E-state index contributed by atoms with van der Waals surface area (Å²) in [4.78, 5) is 4.23. The van der Waals surface area contributed by atoms with Crippen molar-refractivity contribution < 1.29 is 0 Å². The van der Waals surface area contributed by atoms with Crippen LogP contribution in [0.2, 0.25) is 0 Å². The van der Waals surface area contributed by atoms with Gasteiger partial charge in [0.2, 0.25) is 0 Å². The second-order valence-electron chi connectivity index (χ2n) is 5.45. The zero-order chi connectivity index (χ0) is 14.2. The molecule has 1 aromatic carbocycles. The van der Waals surface area contributed by atoms with Crippen LogP contribution >= 0.6 is 0 Å². The fraction of sp³-hybridized carbons (Fsp3) is 0.500. The van der Waals surface area contributed by atoms with E-state index < -0.39 is 0 Å². The van der Waals surface area contributed by atoms with Gasteiger partial charge in [0.05, 0.1) is 0 Å². The van der Waals surface area contributed by atoms with Gasteiger partial charge in [-0.2, -0.15) is 0 Å². The molecule has 1 N–H and O–H groups in total. The number of rotatable bonds is 8. The highest BCUT2D eigenvalue weighted by atomic mass is 14.9. The van der Waals surface area contributed by atoms with E-state index in [-0.39, 0.29) is 0 Å². The summed E-state index contributed by atoms with van der Waals surface area (Å²) in [5.74, 6) is 0. The molecule has 2 nitrogen and oxygen atoms in total. The third-order valence-corrected chi connectivity index (χ3v) is 3.83. The van der Waals surface area contributed by atoms with E-state index in [0.29, 0.717) is 6.04 Å². The minimum atomic E-state index is 0.465. The molecule has 2 rings (SSSR count). The van der Waals surface area contributed by atoms with Crippen molar-refractivity contribution in [3.63, 3.8) is 0 Å². The number of hydrogen-bond donors (Lipinski definition) is 1. The van der Waals surface area contributed by atoms with Gasteiger partial charge in [0.15, 0.2) is 0 Å².